The molecule has 9 heteroatoms. The van der Waals surface area contributed by atoms with Gasteiger partial charge in [-0.1, -0.05) is 49.8 Å². The minimum atomic E-state index is -0.426. The number of rotatable bonds is 4. The molecule has 0 amide bonds. The molecule has 0 saturated carbocycles. The van der Waals surface area contributed by atoms with E-state index in [1.165, 1.54) is 11.8 Å². The summed E-state index contributed by atoms with van der Waals surface area (Å²) in [6.45, 7) is 6.38. The van der Waals surface area contributed by atoms with Crippen LogP contribution in [0.3, 0.4) is 0 Å². The van der Waals surface area contributed by atoms with E-state index in [0.29, 0.717) is 46.7 Å². The lowest BCUT2D eigenvalue weighted by molar-refractivity contribution is 0.0686. The Balaban J connectivity index is 1.39. The molecule has 0 spiro atoms. The molecule has 0 bridgehead atoms. The van der Waals surface area contributed by atoms with E-state index in [2.05, 4.69) is 20.3 Å². The average Bonchev–Trinajstić information content (AvgIpc) is 3.28. The zero-order chi connectivity index (χ0) is 18.1. The predicted molar refractivity (Wildman–Crippen MR) is 92.2 cm³/mol. The normalized spacial score (nSPS) is 16.7. The van der Waals surface area contributed by atoms with Gasteiger partial charge in [0.25, 0.3) is 11.1 Å². The zero-order valence-corrected chi connectivity index (χ0v) is 15.4. The monoisotopic (exact) mass is 374 g/mol. The number of hydrogen-bond donors (Lipinski definition) is 0. The highest BCUT2D eigenvalue weighted by Crippen LogP contribution is 2.36. The van der Waals surface area contributed by atoms with Crippen LogP contribution < -0.4 is 9.47 Å². The van der Waals surface area contributed by atoms with Crippen molar-refractivity contribution in [1.82, 2.24) is 20.3 Å². The van der Waals surface area contributed by atoms with Gasteiger partial charge in [-0.25, -0.2) is 0 Å². The molecule has 1 aliphatic rings. The third-order valence-electron chi connectivity index (χ3n) is 3.64. The van der Waals surface area contributed by atoms with Crippen LogP contribution in [0, 0.1) is 0 Å². The molecule has 0 unspecified atom stereocenters. The molecule has 0 aliphatic carbocycles. The van der Waals surface area contributed by atoms with Crippen LogP contribution in [-0.4, -0.2) is 26.9 Å². The largest absolute Gasteiger partial charge is 0.485 e. The smallest absolute Gasteiger partial charge is 0.277 e. The standard InChI is InChI=1S/C17H18N4O4S/c1-17(2,3)15-18-13(21-25-15)9-26-16-20-19-14(24-16)12-8-22-10-6-4-5-7-11(10)23-12/h4-7,12H,8-9H2,1-3H3/t12-/m1/s1. The van der Waals surface area contributed by atoms with Gasteiger partial charge in [0.15, 0.2) is 17.3 Å². The summed E-state index contributed by atoms with van der Waals surface area (Å²) in [7, 11) is 0. The lowest BCUT2D eigenvalue weighted by atomic mass is 9.97. The summed E-state index contributed by atoms with van der Waals surface area (Å²) in [5.74, 6) is 3.43. The number of nitrogens with zero attached hydrogens (tertiary/aromatic N) is 4. The van der Waals surface area contributed by atoms with Crippen molar-refractivity contribution >= 4 is 11.8 Å². The molecule has 4 rings (SSSR count). The minimum Gasteiger partial charge on any atom is -0.485 e. The van der Waals surface area contributed by atoms with Gasteiger partial charge in [-0.05, 0) is 12.1 Å². The summed E-state index contributed by atoms with van der Waals surface area (Å²) in [5.41, 5.74) is -0.178. The first-order valence-electron chi connectivity index (χ1n) is 8.17. The van der Waals surface area contributed by atoms with E-state index in [1.807, 2.05) is 45.0 Å². The van der Waals surface area contributed by atoms with Gasteiger partial charge in [-0.3, -0.25) is 0 Å². The number of ether oxygens (including phenoxy) is 2. The SMILES string of the molecule is CC(C)(C)c1nc(CSc2nnc([C@H]3COc4ccccc4O3)o2)no1. The summed E-state index contributed by atoms with van der Waals surface area (Å²) in [5, 5.41) is 12.5. The minimum absolute atomic E-state index is 0.178. The number of thioether (sulfide) groups is 1. The van der Waals surface area contributed by atoms with Crippen LogP contribution in [-0.2, 0) is 11.2 Å². The molecule has 1 aromatic carbocycles. The molecule has 0 fully saturated rings. The third kappa shape index (κ3) is 3.52. The number of hydrogen-bond acceptors (Lipinski definition) is 9. The van der Waals surface area contributed by atoms with Gasteiger partial charge >= 0.3 is 0 Å². The van der Waals surface area contributed by atoms with E-state index >= 15 is 0 Å². The molecule has 1 atom stereocenters. The van der Waals surface area contributed by atoms with Gasteiger partial charge < -0.3 is 18.4 Å². The van der Waals surface area contributed by atoms with Gasteiger partial charge in [0.2, 0.25) is 12.0 Å². The maximum atomic E-state index is 5.86. The first-order chi connectivity index (χ1) is 12.5. The van der Waals surface area contributed by atoms with E-state index in [0.717, 1.165) is 0 Å². The molecule has 3 heterocycles. The van der Waals surface area contributed by atoms with Crippen molar-refractivity contribution in [2.45, 2.75) is 43.3 Å². The highest BCUT2D eigenvalue weighted by atomic mass is 32.2. The fourth-order valence-electron chi connectivity index (χ4n) is 2.29. The average molecular weight is 374 g/mol. The van der Waals surface area contributed by atoms with Crippen molar-refractivity contribution in [2.75, 3.05) is 6.61 Å². The van der Waals surface area contributed by atoms with Crippen LogP contribution in [0.1, 0.15) is 44.5 Å². The summed E-state index contributed by atoms with van der Waals surface area (Å²) in [6, 6.07) is 7.48. The molecule has 8 nitrogen and oxygen atoms in total. The molecular formula is C17H18N4O4S. The van der Waals surface area contributed by atoms with Gasteiger partial charge in [0, 0.05) is 5.41 Å². The topological polar surface area (TPSA) is 96.3 Å². The maximum Gasteiger partial charge on any atom is 0.277 e. The highest BCUT2D eigenvalue weighted by Gasteiger charge is 2.27. The maximum absolute atomic E-state index is 5.86. The second-order valence-electron chi connectivity index (χ2n) is 6.82. The van der Waals surface area contributed by atoms with Crippen LogP contribution in [0.5, 0.6) is 11.5 Å². The Kier molecular flexibility index (Phi) is 4.31. The fourth-order valence-corrected chi connectivity index (χ4v) is 2.91. The Morgan fingerprint density at radius 1 is 1.15 bits per heavy atom. The van der Waals surface area contributed by atoms with Crippen molar-refractivity contribution in [3.8, 4) is 11.5 Å². The van der Waals surface area contributed by atoms with E-state index in [-0.39, 0.29) is 5.41 Å². The molecule has 0 N–H and O–H groups in total. The molecule has 1 aliphatic heterocycles. The number of fused-ring (bicyclic) bond motifs is 1. The highest BCUT2D eigenvalue weighted by molar-refractivity contribution is 7.98. The van der Waals surface area contributed by atoms with Gasteiger partial charge in [-0.15, -0.1) is 10.2 Å². The Morgan fingerprint density at radius 3 is 2.73 bits per heavy atom. The van der Waals surface area contributed by atoms with E-state index in [9.17, 15) is 0 Å². The zero-order valence-electron chi connectivity index (χ0n) is 14.6. The summed E-state index contributed by atoms with van der Waals surface area (Å²) in [6.07, 6.45) is -0.426. The third-order valence-corrected chi connectivity index (χ3v) is 4.46. The second kappa shape index (κ2) is 6.64. The molecule has 0 radical (unpaired) electrons. The molecule has 3 aromatic rings. The predicted octanol–water partition coefficient (Wildman–Crippen LogP) is 3.55. The van der Waals surface area contributed by atoms with Crippen molar-refractivity contribution < 1.29 is 18.4 Å². The van der Waals surface area contributed by atoms with Crippen LogP contribution in [0.25, 0.3) is 0 Å². The van der Waals surface area contributed by atoms with Crippen LogP contribution in [0.15, 0.2) is 38.4 Å². The van der Waals surface area contributed by atoms with Crippen molar-refractivity contribution in [1.29, 1.82) is 0 Å². The molecular weight excluding hydrogens is 356 g/mol. The van der Waals surface area contributed by atoms with Crippen LogP contribution in [0.2, 0.25) is 0 Å². The lowest BCUT2D eigenvalue weighted by Gasteiger charge is -2.23. The Hall–Kier alpha value is -2.55. The summed E-state index contributed by atoms with van der Waals surface area (Å²) in [4.78, 5) is 4.39. The summed E-state index contributed by atoms with van der Waals surface area (Å²) < 4.78 is 22.5. The van der Waals surface area contributed by atoms with Crippen LogP contribution >= 0.6 is 11.8 Å². The first kappa shape index (κ1) is 16.9. The number of benzene rings is 1. The molecule has 2 aromatic heterocycles. The van der Waals surface area contributed by atoms with Crippen molar-refractivity contribution in [3.05, 3.63) is 41.9 Å². The molecule has 136 valence electrons. The van der Waals surface area contributed by atoms with Gasteiger partial charge in [0.1, 0.15) is 6.61 Å². The second-order valence-corrected chi connectivity index (χ2v) is 7.75. The van der Waals surface area contributed by atoms with Crippen molar-refractivity contribution in [3.63, 3.8) is 0 Å². The van der Waals surface area contributed by atoms with Crippen molar-refractivity contribution in [2.24, 2.45) is 0 Å². The quantitative estimate of drug-likeness (QED) is 0.635. The lowest BCUT2D eigenvalue weighted by Crippen LogP contribution is -2.21. The first-order valence-corrected chi connectivity index (χ1v) is 9.15. The van der Waals surface area contributed by atoms with E-state index in [1.54, 1.807) is 0 Å². The van der Waals surface area contributed by atoms with E-state index < -0.39 is 6.10 Å². The Bertz CT molecular complexity index is 902. The molecule has 0 saturated heterocycles. The number of aromatic nitrogens is 4. The van der Waals surface area contributed by atoms with Crippen LogP contribution in [0.4, 0.5) is 0 Å². The van der Waals surface area contributed by atoms with Gasteiger partial charge in [-0.2, -0.15) is 4.98 Å². The fraction of sp³-hybridized carbons (Fsp3) is 0.412. The van der Waals surface area contributed by atoms with Gasteiger partial charge in [0.05, 0.1) is 5.75 Å². The van der Waals surface area contributed by atoms with E-state index in [4.69, 9.17) is 18.4 Å². The molecule has 26 heavy (non-hydrogen) atoms. The Labute approximate surface area is 154 Å². The number of para-hydroxylation sites is 2. The summed E-state index contributed by atoms with van der Waals surface area (Å²) >= 11 is 1.35. The Morgan fingerprint density at radius 2 is 1.96 bits per heavy atom.